The van der Waals surface area contributed by atoms with E-state index in [2.05, 4.69) is 20.7 Å². The minimum Gasteiger partial charge on any atom is -0.387 e. The molecule has 1 atom stereocenters. The van der Waals surface area contributed by atoms with Crippen molar-refractivity contribution in [2.24, 2.45) is 5.16 Å². The molecule has 36 heavy (non-hydrogen) atoms. The van der Waals surface area contributed by atoms with Crippen LogP contribution in [0.1, 0.15) is 45.1 Å². The van der Waals surface area contributed by atoms with Crippen LogP contribution in [0.3, 0.4) is 0 Å². The molecule has 2 aliphatic heterocycles. The van der Waals surface area contributed by atoms with Crippen molar-refractivity contribution in [1.29, 1.82) is 0 Å². The molecule has 1 N–H and O–H groups in total. The van der Waals surface area contributed by atoms with Crippen molar-refractivity contribution in [2.45, 2.75) is 31.7 Å². The van der Waals surface area contributed by atoms with Crippen LogP contribution in [0.4, 0.5) is 22.7 Å². The topological polar surface area (TPSA) is 79.7 Å². The second-order valence-corrected chi connectivity index (χ2v) is 9.74. The van der Waals surface area contributed by atoms with Crippen LogP contribution in [-0.4, -0.2) is 40.9 Å². The number of hydrogen-bond donors (Lipinski definition) is 1. The van der Waals surface area contributed by atoms with Gasteiger partial charge in [-0.15, -0.1) is 10.2 Å². The summed E-state index contributed by atoms with van der Waals surface area (Å²) in [4.78, 5) is 20.1. The molecule has 1 unspecified atom stereocenters. The van der Waals surface area contributed by atoms with E-state index < -0.39 is 28.7 Å². The van der Waals surface area contributed by atoms with Gasteiger partial charge in [-0.25, -0.2) is 4.39 Å². The first-order valence-electron chi connectivity index (χ1n) is 10.8. The van der Waals surface area contributed by atoms with Crippen LogP contribution in [0.5, 0.6) is 0 Å². The largest absolute Gasteiger partial charge is 0.416 e. The molecule has 0 saturated carbocycles. The number of amides is 1. The molecule has 1 saturated heterocycles. The summed E-state index contributed by atoms with van der Waals surface area (Å²) in [6.07, 6.45) is -5.70. The number of carbonyl (C=O) groups excluding carboxylic acids is 1. The molecule has 2 aliphatic rings. The van der Waals surface area contributed by atoms with Crippen LogP contribution in [0.15, 0.2) is 41.0 Å². The molecule has 13 heteroatoms. The second-order valence-electron chi connectivity index (χ2n) is 8.52. The van der Waals surface area contributed by atoms with Gasteiger partial charge in [-0.2, -0.15) is 13.2 Å². The average Bonchev–Trinajstić information content (AvgIpc) is 3.49. The van der Waals surface area contributed by atoms with E-state index in [0.717, 1.165) is 5.13 Å². The fourth-order valence-corrected chi connectivity index (χ4v) is 4.92. The molecule has 3 heterocycles. The van der Waals surface area contributed by atoms with Crippen molar-refractivity contribution in [1.82, 2.24) is 15.5 Å². The Bertz CT molecular complexity index is 1340. The number of benzene rings is 2. The van der Waals surface area contributed by atoms with Gasteiger partial charge in [-0.05, 0) is 42.3 Å². The van der Waals surface area contributed by atoms with Crippen molar-refractivity contribution in [2.75, 3.05) is 18.0 Å². The Kier molecular flexibility index (Phi) is 6.33. The van der Waals surface area contributed by atoms with Crippen LogP contribution in [0.2, 0.25) is 5.02 Å². The van der Waals surface area contributed by atoms with Crippen molar-refractivity contribution in [3.63, 3.8) is 0 Å². The van der Waals surface area contributed by atoms with Crippen molar-refractivity contribution < 1.29 is 27.2 Å². The van der Waals surface area contributed by atoms with E-state index in [4.69, 9.17) is 16.4 Å². The third-order valence-corrected chi connectivity index (χ3v) is 7.06. The number of alkyl halides is 3. The Morgan fingerprint density at radius 1 is 1.25 bits per heavy atom. The van der Waals surface area contributed by atoms with E-state index in [9.17, 15) is 22.4 Å². The number of aromatic nitrogens is 2. The smallest absolute Gasteiger partial charge is 0.387 e. The number of aryl methyl sites for hydroxylation is 1. The number of rotatable bonds is 5. The lowest BCUT2D eigenvalue weighted by Crippen LogP contribution is -2.59. The molecule has 0 spiro atoms. The fraction of sp³-hybridized carbons (Fsp3) is 0.304. The Labute approximate surface area is 211 Å². The predicted octanol–water partition coefficient (Wildman–Crippen LogP) is 5.14. The van der Waals surface area contributed by atoms with E-state index in [1.165, 1.54) is 11.3 Å². The van der Waals surface area contributed by atoms with Gasteiger partial charge >= 0.3 is 6.18 Å². The zero-order valence-corrected chi connectivity index (χ0v) is 20.2. The van der Waals surface area contributed by atoms with Gasteiger partial charge in [0.2, 0.25) is 5.13 Å². The number of anilines is 1. The lowest BCUT2D eigenvalue weighted by molar-refractivity contribution is -0.137. The summed E-state index contributed by atoms with van der Waals surface area (Å²) in [5.41, 5.74) is 2.49. The number of oxime groups is 1. The van der Waals surface area contributed by atoms with Crippen LogP contribution < -0.4 is 10.2 Å². The summed E-state index contributed by atoms with van der Waals surface area (Å²) < 4.78 is 54.0. The average molecular weight is 540 g/mol. The highest BCUT2D eigenvalue weighted by molar-refractivity contribution is 7.13. The second kappa shape index (κ2) is 9.32. The van der Waals surface area contributed by atoms with Crippen molar-refractivity contribution in [3.8, 4) is 0 Å². The summed E-state index contributed by atoms with van der Waals surface area (Å²) in [5, 5.41) is 14.9. The maximum Gasteiger partial charge on any atom is 0.416 e. The van der Waals surface area contributed by atoms with Gasteiger partial charge in [0.15, 0.2) is 6.10 Å². The molecule has 1 amide bonds. The summed E-state index contributed by atoms with van der Waals surface area (Å²) in [6.45, 7) is 3.06. The van der Waals surface area contributed by atoms with E-state index in [0.29, 0.717) is 47.6 Å². The molecule has 2 aromatic carbocycles. The normalized spacial score (nSPS) is 18.0. The maximum atomic E-state index is 14.5. The summed E-state index contributed by atoms with van der Waals surface area (Å²) in [5.74, 6) is -1.20. The molecule has 1 fully saturated rings. The quantitative estimate of drug-likeness (QED) is 0.454. The fourth-order valence-electron chi connectivity index (χ4n) is 4.12. The molecule has 188 valence electrons. The van der Waals surface area contributed by atoms with Crippen molar-refractivity contribution >= 4 is 39.7 Å². The molecule has 5 rings (SSSR count). The standard InChI is InChI=1S/C23H18ClF4N5O2S/c1-11-4-12(2-3-15(11)21(34)30-14-8-33(9-14)22-31-29-10-36-22)18-7-19(35-32-18)16-5-13(23(26,27)28)6-17(24)20(16)25/h2-6,10,14,19H,7-9H2,1H3,(H,30,34). The Balaban J connectivity index is 1.25. The van der Waals surface area contributed by atoms with Gasteiger partial charge in [0.25, 0.3) is 5.91 Å². The minimum absolute atomic E-state index is 0.0111. The third-order valence-electron chi connectivity index (χ3n) is 6.04. The van der Waals surface area contributed by atoms with E-state index in [-0.39, 0.29) is 23.9 Å². The SMILES string of the molecule is Cc1cc(C2=NOC(c3cc(C(F)(F)F)cc(Cl)c3F)C2)ccc1C(=O)NC1CN(c2nncs2)C1. The van der Waals surface area contributed by atoms with E-state index in [1.807, 2.05) is 4.90 Å². The molecular formula is C23H18ClF4N5O2S. The number of hydrogen-bond acceptors (Lipinski definition) is 7. The maximum absolute atomic E-state index is 14.5. The van der Waals surface area contributed by atoms with Gasteiger partial charge in [-0.3, -0.25) is 4.79 Å². The third kappa shape index (κ3) is 4.74. The van der Waals surface area contributed by atoms with Gasteiger partial charge in [0.1, 0.15) is 11.3 Å². The molecule has 0 aliphatic carbocycles. The molecule has 0 radical (unpaired) electrons. The molecule has 3 aromatic rings. The molecule has 1 aromatic heterocycles. The molecular weight excluding hydrogens is 522 g/mol. The van der Waals surface area contributed by atoms with E-state index in [1.54, 1.807) is 30.6 Å². The minimum atomic E-state index is -4.68. The first-order valence-corrected chi connectivity index (χ1v) is 12.1. The Hall–Kier alpha value is -3.25. The summed E-state index contributed by atoms with van der Waals surface area (Å²) in [7, 11) is 0. The van der Waals surface area contributed by atoms with Crippen LogP contribution >= 0.6 is 22.9 Å². The number of nitrogens with zero attached hydrogens (tertiary/aromatic N) is 4. The number of halogens is 5. The van der Waals surface area contributed by atoms with E-state index >= 15 is 0 Å². The number of nitrogens with one attached hydrogen (secondary N) is 1. The summed E-state index contributed by atoms with van der Waals surface area (Å²) in [6, 6.07) is 6.29. The van der Waals surface area contributed by atoms with Gasteiger partial charge in [0, 0.05) is 30.6 Å². The summed E-state index contributed by atoms with van der Waals surface area (Å²) >= 11 is 7.13. The molecule has 0 bridgehead atoms. The van der Waals surface area contributed by atoms with Gasteiger partial charge < -0.3 is 15.1 Å². The van der Waals surface area contributed by atoms with Gasteiger partial charge in [-0.1, -0.05) is 34.2 Å². The highest BCUT2D eigenvalue weighted by Crippen LogP contribution is 2.39. The van der Waals surface area contributed by atoms with Crippen LogP contribution in [0.25, 0.3) is 0 Å². The van der Waals surface area contributed by atoms with Crippen LogP contribution in [0, 0.1) is 12.7 Å². The lowest BCUT2D eigenvalue weighted by atomic mass is 9.96. The molecule has 7 nitrogen and oxygen atoms in total. The first-order chi connectivity index (χ1) is 17.1. The first kappa shape index (κ1) is 24.4. The number of carbonyl (C=O) groups is 1. The Morgan fingerprint density at radius 2 is 2.03 bits per heavy atom. The monoisotopic (exact) mass is 539 g/mol. The van der Waals surface area contributed by atoms with Gasteiger partial charge in [0.05, 0.1) is 22.3 Å². The highest BCUT2D eigenvalue weighted by Gasteiger charge is 2.35. The van der Waals surface area contributed by atoms with Crippen LogP contribution in [-0.2, 0) is 11.0 Å². The lowest BCUT2D eigenvalue weighted by Gasteiger charge is -2.39. The predicted molar refractivity (Wildman–Crippen MR) is 126 cm³/mol. The highest BCUT2D eigenvalue weighted by atomic mass is 35.5. The zero-order valence-electron chi connectivity index (χ0n) is 18.6. The Morgan fingerprint density at radius 3 is 2.69 bits per heavy atom. The van der Waals surface area contributed by atoms with Crippen molar-refractivity contribution in [3.05, 3.63) is 74.5 Å². The zero-order chi connectivity index (χ0) is 25.6.